The summed E-state index contributed by atoms with van der Waals surface area (Å²) in [7, 11) is 0.943. The van der Waals surface area contributed by atoms with Crippen LogP contribution in [0.1, 0.15) is 12.0 Å². The van der Waals surface area contributed by atoms with Crippen molar-refractivity contribution in [2.45, 2.75) is 25.3 Å². The van der Waals surface area contributed by atoms with E-state index in [0.717, 1.165) is 24.0 Å². The lowest BCUT2D eigenvalue weighted by atomic mass is 9.78. The SMILES string of the molecule is C=C(COC)C1=CCB(O)OC1CCc1ccccc1. The molecular formula is C16H21BO3. The number of aryl methyl sites for hydroxylation is 1. The topological polar surface area (TPSA) is 38.7 Å². The van der Waals surface area contributed by atoms with Crippen molar-refractivity contribution in [1.82, 2.24) is 0 Å². The van der Waals surface area contributed by atoms with Crippen LogP contribution in [-0.2, 0) is 15.8 Å². The van der Waals surface area contributed by atoms with E-state index in [0.29, 0.717) is 12.9 Å². The molecule has 0 aliphatic carbocycles. The maximum absolute atomic E-state index is 9.68. The zero-order chi connectivity index (χ0) is 14.4. The summed E-state index contributed by atoms with van der Waals surface area (Å²) < 4.78 is 10.8. The first kappa shape index (κ1) is 15.0. The summed E-state index contributed by atoms with van der Waals surface area (Å²) in [5, 5.41) is 9.68. The van der Waals surface area contributed by atoms with Gasteiger partial charge in [0.25, 0.3) is 0 Å². The van der Waals surface area contributed by atoms with Crippen molar-refractivity contribution >= 4 is 7.12 Å². The highest BCUT2D eigenvalue weighted by atomic mass is 16.5. The van der Waals surface area contributed by atoms with Crippen LogP contribution in [0.15, 0.2) is 54.1 Å². The van der Waals surface area contributed by atoms with Crippen LogP contribution in [0.2, 0.25) is 6.32 Å². The normalized spacial score (nSPS) is 18.8. The molecule has 0 fully saturated rings. The Hall–Kier alpha value is -1.36. The highest BCUT2D eigenvalue weighted by Gasteiger charge is 2.27. The monoisotopic (exact) mass is 272 g/mol. The van der Waals surface area contributed by atoms with E-state index in [1.807, 2.05) is 24.3 Å². The van der Waals surface area contributed by atoms with E-state index in [1.165, 1.54) is 5.56 Å². The van der Waals surface area contributed by atoms with E-state index in [2.05, 4.69) is 18.7 Å². The minimum atomic E-state index is -0.713. The fourth-order valence-electron chi connectivity index (χ4n) is 2.47. The molecule has 1 N–H and O–H groups in total. The smallest absolute Gasteiger partial charge is 0.427 e. The summed E-state index contributed by atoms with van der Waals surface area (Å²) in [5.41, 5.74) is 3.26. The second kappa shape index (κ2) is 7.43. The number of benzene rings is 1. The van der Waals surface area contributed by atoms with Gasteiger partial charge in [-0.3, -0.25) is 0 Å². The summed E-state index contributed by atoms with van der Waals surface area (Å²) in [6.07, 6.45) is 4.16. The summed E-state index contributed by atoms with van der Waals surface area (Å²) in [4.78, 5) is 0. The summed E-state index contributed by atoms with van der Waals surface area (Å²) in [5.74, 6) is 0. The van der Waals surface area contributed by atoms with Gasteiger partial charge >= 0.3 is 7.12 Å². The van der Waals surface area contributed by atoms with Crippen LogP contribution in [0.4, 0.5) is 0 Å². The van der Waals surface area contributed by atoms with Gasteiger partial charge in [-0.2, -0.15) is 0 Å². The predicted molar refractivity (Wildman–Crippen MR) is 81.5 cm³/mol. The van der Waals surface area contributed by atoms with E-state index >= 15 is 0 Å². The zero-order valence-corrected chi connectivity index (χ0v) is 11.9. The molecule has 0 spiro atoms. The molecule has 0 bridgehead atoms. The minimum Gasteiger partial charge on any atom is -0.427 e. The van der Waals surface area contributed by atoms with Crippen molar-refractivity contribution in [3.05, 3.63) is 59.7 Å². The Bertz CT molecular complexity index is 470. The van der Waals surface area contributed by atoms with Gasteiger partial charge in [0, 0.05) is 13.4 Å². The third-order valence-electron chi connectivity index (χ3n) is 3.47. The minimum absolute atomic E-state index is 0.110. The quantitative estimate of drug-likeness (QED) is 0.809. The molecule has 0 radical (unpaired) electrons. The lowest BCUT2D eigenvalue weighted by Crippen LogP contribution is -2.32. The summed E-state index contributed by atoms with van der Waals surface area (Å²) >= 11 is 0. The van der Waals surface area contributed by atoms with Crippen molar-refractivity contribution in [2.24, 2.45) is 0 Å². The van der Waals surface area contributed by atoms with Crippen LogP contribution in [0, 0.1) is 0 Å². The number of allylic oxidation sites excluding steroid dienone is 1. The van der Waals surface area contributed by atoms with E-state index in [9.17, 15) is 5.02 Å². The molecular weight excluding hydrogens is 251 g/mol. The van der Waals surface area contributed by atoms with Gasteiger partial charge < -0.3 is 14.4 Å². The lowest BCUT2D eigenvalue weighted by molar-refractivity contribution is 0.176. The maximum Gasteiger partial charge on any atom is 0.458 e. The van der Waals surface area contributed by atoms with Crippen LogP contribution >= 0.6 is 0 Å². The Morgan fingerprint density at radius 2 is 2.20 bits per heavy atom. The van der Waals surface area contributed by atoms with Gasteiger partial charge in [0.05, 0.1) is 12.7 Å². The highest BCUT2D eigenvalue weighted by Crippen LogP contribution is 2.26. The molecule has 1 aliphatic heterocycles. The number of ether oxygens (including phenoxy) is 1. The van der Waals surface area contributed by atoms with E-state index in [-0.39, 0.29) is 6.10 Å². The molecule has 4 heteroatoms. The Kier molecular flexibility index (Phi) is 5.59. The molecule has 3 nitrogen and oxygen atoms in total. The number of rotatable bonds is 6. The van der Waals surface area contributed by atoms with Crippen LogP contribution in [0.5, 0.6) is 0 Å². The van der Waals surface area contributed by atoms with Crippen LogP contribution in [0.3, 0.4) is 0 Å². The van der Waals surface area contributed by atoms with Crippen molar-refractivity contribution in [1.29, 1.82) is 0 Å². The first-order valence-electron chi connectivity index (χ1n) is 6.95. The Morgan fingerprint density at radius 3 is 2.90 bits per heavy atom. The Labute approximate surface area is 121 Å². The predicted octanol–water partition coefficient (Wildman–Crippen LogP) is 2.63. The fourth-order valence-corrected chi connectivity index (χ4v) is 2.47. The molecule has 20 heavy (non-hydrogen) atoms. The maximum atomic E-state index is 9.68. The molecule has 1 aromatic rings. The largest absolute Gasteiger partial charge is 0.458 e. The van der Waals surface area contributed by atoms with Crippen molar-refractivity contribution < 1.29 is 14.4 Å². The fraction of sp³-hybridized carbons (Fsp3) is 0.375. The van der Waals surface area contributed by atoms with E-state index < -0.39 is 7.12 Å². The number of hydrogen-bond acceptors (Lipinski definition) is 3. The molecule has 106 valence electrons. The van der Waals surface area contributed by atoms with Gasteiger partial charge in [-0.25, -0.2) is 0 Å². The molecule has 0 saturated heterocycles. The molecule has 1 atom stereocenters. The first-order valence-corrected chi connectivity index (χ1v) is 6.95. The summed E-state index contributed by atoms with van der Waals surface area (Å²) in [6.45, 7) is 4.54. The third-order valence-corrected chi connectivity index (χ3v) is 3.47. The van der Waals surface area contributed by atoms with E-state index in [1.54, 1.807) is 7.11 Å². The molecule has 2 rings (SSSR count). The van der Waals surface area contributed by atoms with Crippen molar-refractivity contribution in [2.75, 3.05) is 13.7 Å². The number of methoxy groups -OCH3 is 1. The molecule has 1 aliphatic rings. The Balaban J connectivity index is 2.01. The highest BCUT2D eigenvalue weighted by molar-refractivity contribution is 6.43. The van der Waals surface area contributed by atoms with Crippen LogP contribution < -0.4 is 0 Å². The second-order valence-corrected chi connectivity index (χ2v) is 5.04. The number of hydrogen-bond donors (Lipinski definition) is 1. The molecule has 1 heterocycles. The van der Waals surface area contributed by atoms with Gasteiger partial charge in [0.1, 0.15) is 0 Å². The van der Waals surface area contributed by atoms with Crippen LogP contribution in [-0.4, -0.2) is 32.0 Å². The lowest BCUT2D eigenvalue weighted by Gasteiger charge is -2.28. The average Bonchev–Trinajstić information content (AvgIpc) is 2.46. The standard InChI is InChI=1S/C16H21BO3/c1-13(12-19-2)15-10-11-17(18)20-16(15)9-8-14-6-4-3-5-7-14/h3-7,10,16,18H,1,8-9,11-12H2,2H3. The average molecular weight is 272 g/mol. The second-order valence-electron chi connectivity index (χ2n) is 5.04. The van der Waals surface area contributed by atoms with Gasteiger partial charge in [0.15, 0.2) is 0 Å². The van der Waals surface area contributed by atoms with Crippen molar-refractivity contribution in [3.8, 4) is 0 Å². The molecule has 0 amide bonds. The van der Waals surface area contributed by atoms with Gasteiger partial charge in [-0.15, -0.1) is 0 Å². The Morgan fingerprint density at radius 1 is 1.45 bits per heavy atom. The summed E-state index contributed by atoms with van der Waals surface area (Å²) in [6, 6.07) is 10.3. The van der Waals surface area contributed by atoms with E-state index in [4.69, 9.17) is 9.39 Å². The third kappa shape index (κ3) is 4.07. The van der Waals surface area contributed by atoms with Gasteiger partial charge in [-0.1, -0.05) is 43.0 Å². The molecule has 0 aromatic heterocycles. The van der Waals surface area contributed by atoms with Gasteiger partial charge in [-0.05, 0) is 29.6 Å². The zero-order valence-electron chi connectivity index (χ0n) is 11.9. The molecule has 0 saturated carbocycles. The van der Waals surface area contributed by atoms with Crippen LogP contribution in [0.25, 0.3) is 0 Å². The first-order chi connectivity index (χ1) is 9.70. The van der Waals surface area contributed by atoms with Gasteiger partial charge in [0.2, 0.25) is 0 Å². The van der Waals surface area contributed by atoms with Crippen molar-refractivity contribution in [3.63, 3.8) is 0 Å². The molecule has 1 aromatic carbocycles. The molecule has 1 unspecified atom stereocenters.